The zero-order valence-corrected chi connectivity index (χ0v) is 14.5. The summed E-state index contributed by atoms with van der Waals surface area (Å²) in [6.45, 7) is 5.82. The molecule has 0 radical (unpaired) electrons. The standard InChI is InChI=1S/C13H19N3O2S3/c1-3-4-14-8-11-7-12(10(2)20-11)21(17,18)16-9-13-15-5-6-19-13/h5-7,14,16H,3-4,8-9H2,1-2H3. The Morgan fingerprint density at radius 2 is 2.14 bits per heavy atom. The van der Waals surface area contributed by atoms with Crippen molar-refractivity contribution in [1.82, 2.24) is 15.0 Å². The van der Waals surface area contributed by atoms with Gasteiger partial charge in [-0.05, 0) is 26.0 Å². The fourth-order valence-electron chi connectivity index (χ4n) is 1.84. The van der Waals surface area contributed by atoms with Crippen molar-refractivity contribution >= 4 is 32.7 Å². The summed E-state index contributed by atoms with van der Waals surface area (Å²) in [7, 11) is -3.48. The van der Waals surface area contributed by atoms with Gasteiger partial charge >= 0.3 is 0 Å². The molecular weight excluding hydrogens is 326 g/mol. The van der Waals surface area contributed by atoms with Crippen LogP contribution in [0.1, 0.15) is 28.1 Å². The summed E-state index contributed by atoms with van der Waals surface area (Å²) in [5.41, 5.74) is 0. The number of thiazole rings is 1. The van der Waals surface area contributed by atoms with E-state index in [1.54, 1.807) is 12.3 Å². The summed E-state index contributed by atoms with van der Waals surface area (Å²) in [6, 6.07) is 1.76. The highest BCUT2D eigenvalue weighted by Crippen LogP contribution is 2.25. The Bertz CT molecular complexity index is 663. The van der Waals surface area contributed by atoms with E-state index in [0.29, 0.717) is 11.4 Å². The highest BCUT2D eigenvalue weighted by atomic mass is 32.2. The maximum Gasteiger partial charge on any atom is 0.242 e. The van der Waals surface area contributed by atoms with Gasteiger partial charge in [0, 0.05) is 27.9 Å². The van der Waals surface area contributed by atoms with Crippen molar-refractivity contribution in [3.05, 3.63) is 32.4 Å². The average molecular weight is 346 g/mol. The summed E-state index contributed by atoms with van der Waals surface area (Å²) in [5, 5.41) is 5.88. The first kappa shape index (κ1) is 16.6. The third-order valence-corrected chi connectivity index (χ3v) is 6.32. The van der Waals surface area contributed by atoms with E-state index in [9.17, 15) is 8.42 Å². The number of hydrogen-bond donors (Lipinski definition) is 2. The lowest BCUT2D eigenvalue weighted by atomic mass is 10.4. The van der Waals surface area contributed by atoms with Gasteiger partial charge in [0.2, 0.25) is 10.0 Å². The lowest BCUT2D eigenvalue weighted by Gasteiger charge is -2.04. The third-order valence-electron chi connectivity index (χ3n) is 2.84. The van der Waals surface area contributed by atoms with Crippen LogP contribution in [-0.4, -0.2) is 19.9 Å². The van der Waals surface area contributed by atoms with Gasteiger partial charge in [0.25, 0.3) is 0 Å². The molecule has 0 saturated carbocycles. The van der Waals surface area contributed by atoms with Crippen LogP contribution in [0.25, 0.3) is 0 Å². The molecule has 2 aromatic heterocycles. The molecule has 0 aromatic carbocycles. The topological polar surface area (TPSA) is 71.1 Å². The Morgan fingerprint density at radius 3 is 2.81 bits per heavy atom. The van der Waals surface area contributed by atoms with Gasteiger partial charge in [-0.25, -0.2) is 18.1 Å². The summed E-state index contributed by atoms with van der Waals surface area (Å²) in [6.07, 6.45) is 2.73. The molecular formula is C13H19N3O2S3. The van der Waals surface area contributed by atoms with Crippen molar-refractivity contribution in [2.45, 2.75) is 38.3 Å². The summed E-state index contributed by atoms with van der Waals surface area (Å²) < 4.78 is 27.3. The summed E-state index contributed by atoms with van der Waals surface area (Å²) in [5.74, 6) is 0. The molecule has 5 nitrogen and oxygen atoms in total. The van der Waals surface area contributed by atoms with Crippen LogP contribution >= 0.6 is 22.7 Å². The smallest absolute Gasteiger partial charge is 0.242 e. The average Bonchev–Trinajstić information content (AvgIpc) is 3.07. The Morgan fingerprint density at radius 1 is 1.33 bits per heavy atom. The van der Waals surface area contributed by atoms with Gasteiger partial charge in [0.1, 0.15) is 5.01 Å². The van der Waals surface area contributed by atoms with Crippen LogP contribution in [0.15, 0.2) is 22.5 Å². The second kappa shape index (κ2) is 7.46. The van der Waals surface area contributed by atoms with Crippen molar-refractivity contribution in [3.63, 3.8) is 0 Å². The number of aromatic nitrogens is 1. The van der Waals surface area contributed by atoms with E-state index in [1.807, 2.05) is 12.3 Å². The minimum atomic E-state index is -3.48. The van der Waals surface area contributed by atoms with Crippen LogP contribution in [0.5, 0.6) is 0 Å². The summed E-state index contributed by atoms with van der Waals surface area (Å²) in [4.78, 5) is 6.30. The molecule has 2 aromatic rings. The molecule has 0 aliphatic rings. The van der Waals surface area contributed by atoms with Crippen LogP contribution in [0.2, 0.25) is 0 Å². The summed E-state index contributed by atoms with van der Waals surface area (Å²) >= 11 is 2.96. The predicted octanol–water partition coefficient (Wildman–Crippen LogP) is 2.49. The molecule has 0 spiro atoms. The van der Waals surface area contributed by atoms with E-state index in [1.165, 1.54) is 22.7 Å². The maximum atomic E-state index is 12.3. The largest absolute Gasteiger partial charge is 0.312 e. The number of nitrogens with one attached hydrogen (secondary N) is 2. The van der Waals surface area contributed by atoms with Crippen molar-refractivity contribution in [1.29, 1.82) is 0 Å². The highest BCUT2D eigenvalue weighted by Gasteiger charge is 2.19. The molecule has 0 atom stereocenters. The molecule has 2 heterocycles. The molecule has 0 saturated heterocycles. The van der Waals surface area contributed by atoms with Crippen molar-refractivity contribution < 1.29 is 8.42 Å². The van der Waals surface area contributed by atoms with Crippen LogP contribution in [-0.2, 0) is 23.1 Å². The van der Waals surface area contributed by atoms with Gasteiger partial charge in [0.15, 0.2) is 0 Å². The van der Waals surface area contributed by atoms with Crippen LogP contribution < -0.4 is 10.0 Å². The molecule has 0 amide bonds. The fraction of sp³-hybridized carbons (Fsp3) is 0.462. The van der Waals surface area contributed by atoms with Gasteiger partial charge in [-0.3, -0.25) is 0 Å². The van der Waals surface area contributed by atoms with Crippen LogP contribution in [0.3, 0.4) is 0 Å². The number of sulfonamides is 1. The van der Waals surface area contributed by atoms with E-state index in [2.05, 4.69) is 21.9 Å². The number of aryl methyl sites for hydroxylation is 1. The number of rotatable bonds is 8. The molecule has 0 bridgehead atoms. The van der Waals surface area contributed by atoms with E-state index in [4.69, 9.17) is 0 Å². The monoisotopic (exact) mass is 345 g/mol. The zero-order chi connectivity index (χ0) is 15.3. The number of nitrogens with zero attached hydrogens (tertiary/aromatic N) is 1. The second-order valence-electron chi connectivity index (χ2n) is 4.56. The van der Waals surface area contributed by atoms with Crippen molar-refractivity contribution in [3.8, 4) is 0 Å². The molecule has 2 N–H and O–H groups in total. The SMILES string of the molecule is CCCNCc1cc(S(=O)(=O)NCc2nccs2)c(C)s1. The highest BCUT2D eigenvalue weighted by molar-refractivity contribution is 7.89. The lowest BCUT2D eigenvalue weighted by Crippen LogP contribution is -2.23. The van der Waals surface area contributed by atoms with E-state index < -0.39 is 10.0 Å². The Kier molecular flexibility index (Phi) is 5.88. The fourth-order valence-corrected chi connectivity index (χ4v) is 5.08. The third kappa shape index (κ3) is 4.58. The first-order valence-corrected chi connectivity index (χ1v) is 9.89. The first-order valence-electron chi connectivity index (χ1n) is 6.71. The van der Waals surface area contributed by atoms with Gasteiger partial charge < -0.3 is 5.32 Å². The first-order chi connectivity index (χ1) is 10.0. The van der Waals surface area contributed by atoms with Gasteiger partial charge in [-0.1, -0.05) is 6.92 Å². The lowest BCUT2D eigenvalue weighted by molar-refractivity contribution is 0.581. The second-order valence-corrected chi connectivity index (χ2v) is 8.62. The Balaban J connectivity index is 2.05. The minimum Gasteiger partial charge on any atom is -0.312 e. The van der Waals surface area contributed by atoms with Gasteiger partial charge in [-0.15, -0.1) is 22.7 Å². The Labute approximate surface area is 133 Å². The van der Waals surface area contributed by atoms with Crippen molar-refractivity contribution in [2.24, 2.45) is 0 Å². The zero-order valence-electron chi connectivity index (χ0n) is 12.0. The Hall–Kier alpha value is -0.800. The minimum absolute atomic E-state index is 0.235. The van der Waals surface area contributed by atoms with Crippen LogP contribution in [0.4, 0.5) is 0 Å². The predicted molar refractivity (Wildman–Crippen MR) is 87.2 cm³/mol. The molecule has 2 rings (SSSR count). The van der Waals surface area contributed by atoms with Gasteiger partial charge in [0.05, 0.1) is 11.4 Å². The van der Waals surface area contributed by atoms with E-state index >= 15 is 0 Å². The number of hydrogen-bond acceptors (Lipinski definition) is 6. The molecule has 8 heteroatoms. The van der Waals surface area contributed by atoms with E-state index in [-0.39, 0.29) is 6.54 Å². The molecule has 0 aliphatic heterocycles. The van der Waals surface area contributed by atoms with Crippen molar-refractivity contribution in [2.75, 3.05) is 6.54 Å². The van der Waals surface area contributed by atoms with Gasteiger partial charge in [-0.2, -0.15) is 0 Å². The molecule has 116 valence electrons. The molecule has 0 unspecified atom stereocenters. The molecule has 0 fully saturated rings. The molecule has 0 aliphatic carbocycles. The molecule has 21 heavy (non-hydrogen) atoms. The number of thiophene rings is 1. The normalized spacial score (nSPS) is 11.9. The maximum absolute atomic E-state index is 12.3. The quantitative estimate of drug-likeness (QED) is 0.721. The van der Waals surface area contributed by atoms with E-state index in [0.717, 1.165) is 27.7 Å². The van der Waals surface area contributed by atoms with Crippen LogP contribution in [0, 0.1) is 6.92 Å².